The molecular formula is C24H26Cl3N5O3. The molecule has 2 N–H and O–H groups in total. The molecule has 2 aromatic rings. The van der Waals surface area contributed by atoms with Crippen molar-refractivity contribution in [2.45, 2.75) is 12.5 Å². The lowest BCUT2D eigenvalue weighted by Crippen LogP contribution is -2.60. The quantitative estimate of drug-likeness (QED) is 0.590. The molecule has 2 heterocycles. The van der Waals surface area contributed by atoms with Crippen molar-refractivity contribution in [1.29, 1.82) is 0 Å². The minimum atomic E-state index is -0.874. The van der Waals surface area contributed by atoms with Crippen molar-refractivity contribution < 1.29 is 14.4 Å². The zero-order valence-corrected chi connectivity index (χ0v) is 21.2. The van der Waals surface area contributed by atoms with Gasteiger partial charge in [0.15, 0.2) is 0 Å². The summed E-state index contributed by atoms with van der Waals surface area (Å²) in [6, 6.07) is 11.5. The van der Waals surface area contributed by atoms with E-state index in [1.165, 1.54) is 4.90 Å². The molecule has 0 unspecified atom stereocenters. The molecule has 1 atom stereocenters. The average Bonchev–Trinajstić information content (AvgIpc) is 2.80. The van der Waals surface area contributed by atoms with Gasteiger partial charge in [0.1, 0.15) is 6.04 Å². The second kappa shape index (κ2) is 11.5. The predicted molar refractivity (Wildman–Crippen MR) is 138 cm³/mol. The molecule has 3 amide bonds. The smallest absolute Gasteiger partial charge is 0.243 e. The molecule has 2 fully saturated rings. The van der Waals surface area contributed by atoms with E-state index in [1.807, 2.05) is 24.3 Å². The number of nitrogens with zero attached hydrogens (tertiary/aromatic N) is 3. The lowest BCUT2D eigenvalue weighted by molar-refractivity contribution is -0.145. The molecule has 35 heavy (non-hydrogen) atoms. The van der Waals surface area contributed by atoms with Gasteiger partial charge >= 0.3 is 0 Å². The Bertz CT molecular complexity index is 1070. The molecule has 0 aliphatic carbocycles. The topological polar surface area (TPSA) is 85.0 Å². The van der Waals surface area contributed by atoms with Gasteiger partial charge in [-0.05, 0) is 42.5 Å². The number of hydrogen-bond acceptors (Lipinski definition) is 5. The van der Waals surface area contributed by atoms with Gasteiger partial charge in [0.2, 0.25) is 17.7 Å². The molecule has 2 aliphatic heterocycles. The molecule has 0 bridgehead atoms. The number of anilines is 2. The fourth-order valence-corrected chi connectivity index (χ4v) is 4.98. The summed E-state index contributed by atoms with van der Waals surface area (Å²) >= 11 is 18.0. The van der Waals surface area contributed by atoms with Crippen molar-refractivity contribution in [2.75, 3.05) is 56.0 Å². The number of piperazine rings is 2. The molecule has 0 saturated carbocycles. The van der Waals surface area contributed by atoms with E-state index in [2.05, 4.69) is 20.4 Å². The number of hydrogen-bond donors (Lipinski definition) is 2. The van der Waals surface area contributed by atoms with Crippen LogP contribution in [-0.2, 0) is 14.4 Å². The van der Waals surface area contributed by atoms with Gasteiger partial charge in [0.05, 0.1) is 13.0 Å². The Hall–Kier alpha value is -2.52. The molecule has 11 heteroatoms. The molecule has 186 valence electrons. The van der Waals surface area contributed by atoms with E-state index in [1.54, 1.807) is 18.2 Å². The highest BCUT2D eigenvalue weighted by molar-refractivity contribution is 6.35. The van der Waals surface area contributed by atoms with Crippen LogP contribution < -0.4 is 15.5 Å². The van der Waals surface area contributed by atoms with E-state index in [0.29, 0.717) is 33.8 Å². The van der Waals surface area contributed by atoms with Crippen molar-refractivity contribution in [3.8, 4) is 0 Å². The van der Waals surface area contributed by atoms with E-state index in [0.717, 1.165) is 31.9 Å². The maximum Gasteiger partial charge on any atom is 0.243 e. The van der Waals surface area contributed by atoms with Crippen molar-refractivity contribution in [3.05, 3.63) is 57.5 Å². The van der Waals surface area contributed by atoms with E-state index < -0.39 is 11.9 Å². The number of nitrogens with one attached hydrogen (secondary N) is 2. The minimum Gasteiger partial charge on any atom is -0.369 e. The Labute approximate surface area is 219 Å². The van der Waals surface area contributed by atoms with Gasteiger partial charge in [-0.1, -0.05) is 34.8 Å². The van der Waals surface area contributed by atoms with Crippen LogP contribution >= 0.6 is 34.8 Å². The highest BCUT2D eigenvalue weighted by atomic mass is 35.5. The Morgan fingerprint density at radius 2 is 1.57 bits per heavy atom. The van der Waals surface area contributed by atoms with Gasteiger partial charge in [-0.3, -0.25) is 19.3 Å². The minimum absolute atomic E-state index is 0.161. The Kier molecular flexibility index (Phi) is 8.38. The predicted octanol–water partition coefficient (Wildman–Crippen LogP) is 3.12. The highest BCUT2D eigenvalue weighted by Gasteiger charge is 2.35. The zero-order valence-electron chi connectivity index (χ0n) is 19.0. The first kappa shape index (κ1) is 25.6. The lowest BCUT2D eigenvalue weighted by Gasteiger charge is -2.39. The van der Waals surface area contributed by atoms with Crippen LogP contribution in [0.2, 0.25) is 15.1 Å². The number of halogens is 3. The molecule has 2 aromatic carbocycles. The monoisotopic (exact) mass is 537 g/mol. The number of amides is 3. The van der Waals surface area contributed by atoms with Gasteiger partial charge in [0.25, 0.3) is 0 Å². The summed E-state index contributed by atoms with van der Waals surface area (Å²) in [7, 11) is 0. The van der Waals surface area contributed by atoms with Gasteiger partial charge < -0.3 is 20.4 Å². The molecule has 2 saturated heterocycles. The standard InChI is InChI=1S/C24H26Cl3N5O3/c25-16-1-3-20(4-2-16)31-9-7-30(8-10-31)15-23(34)32-6-5-28-24(35)21(32)14-22(33)29-19-12-17(26)11-18(27)13-19/h1-4,11-13,21H,5-10,14-15H2,(H,28,35)(H,29,33)/t21-/m0/s1. The first-order valence-electron chi connectivity index (χ1n) is 11.3. The summed E-state index contributed by atoms with van der Waals surface area (Å²) < 4.78 is 0. The molecule has 0 aromatic heterocycles. The zero-order chi connectivity index (χ0) is 24.9. The summed E-state index contributed by atoms with van der Waals surface area (Å²) in [4.78, 5) is 44.2. The van der Waals surface area contributed by atoms with Gasteiger partial charge in [-0.2, -0.15) is 0 Å². The molecule has 4 rings (SSSR count). The van der Waals surface area contributed by atoms with Crippen molar-refractivity contribution in [1.82, 2.24) is 15.1 Å². The van der Waals surface area contributed by atoms with E-state index in [9.17, 15) is 14.4 Å². The molecule has 2 aliphatic rings. The van der Waals surface area contributed by atoms with Crippen LogP contribution in [-0.4, -0.2) is 79.4 Å². The fourth-order valence-electron chi connectivity index (χ4n) is 4.33. The maximum atomic E-state index is 13.1. The summed E-state index contributed by atoms with van der Waals surface area (Å²) in [5, 5.41) is 6.93. The molecule has 0 spiro atoms. The SMILES string of the molecule is O=C(C[C@H]1C(=O)NCCN1C(=O)CN1CCN(c2ccc(Cl)cc2)CC1)Nc1cc(Cl)cc(Cl)c1. The molecular weight excluding hydrogens is 513 g/mol. The summed E-state index contributed by atoms with van der Waals surface area (Å²) in [6.07, 6.45) is -0.161. The van der Waals surface area contributed by atoms with E-state index >= 15 is 0 Å². The van der Waals surface area contributed by atoms with E-state index in [-0.39, 0.29) is 24.8 Å². The van der Waals surface area contributed by atoms with Crippen LogP contribution in [0.15, 0.2) is 42.5 Å². The third kappa shape index (κ3) is 6.79. The van der Waals surface area contributed by atoms with Crippen LogP contribution in [0.25, 0.3) is 0 Å². The van der Waals surface area contributed by atoms with Crippen LogP contribution in [0, 0.1) is 0 Å². The fraction of sp³-hybridized carbons (Fsp3) is 0.375. The average molecular weight is 539 g/mol. The van der Waals surface area contributed by atoms with Gasteiger partial charge in [0, 0.05) is 65.7 Å². The number of benzene rings is 2. The summed E-state index contributed by atoms with van der Waals surface area (Å²) in [6.45, 7) is 3.91. The van der Waals surface area contributed by atoms with E-state index in [4.69, 9.17) is 34.8 Å². The van der Waals surface area contributed by atoms with Gasteiger partial charge in [-0.15, -0.1) is 0 Å². The number of rotatable bonds is 6. The first-order chi connectivity index (χ1) is 16.8. The van der Waals surface area contributed by atoms with Crippen LogP contribution in [0.5, 0.6) is 0 Å². The van der Waals surface area contributed by atoms with Crippen molar-refractivity contribution in [3.63, 3.8) is 0 Å². The summed E-state index contributed by atoms with van der Waals surface area (Å²) in [5.41, 5.74) is 1.53. The second-order valence-corrected chi connectivity index (χ2v) is 9.85. The molecule has 0 radical (unpaired) electrons. The second-order valence-electron chi connectivity index (χ2n) is 8.54. The third-order valence-electron chi connectivity index (χ3n) is 6.10. The van der Waals surface area contributed by atoms with Gasteiger partial charge in [-0.25, -0.2) is 0 Å². The Balaban J connectivity index is 1.33. The number of carbonyl (C=O) groups is 3. The summed E-state index contributed by atoms with van der Waals surface area (Å²) in [5.74, 6) is -0.903. The number of carbonyl (C=O) groups excluding carboxylic acids is 3. The van der Waals surface area contributed by atoms with Crippen molar-refractivity contribution >= 4 is 63.9 Å². The lowest BCUT2D eigenvalue weighted by atomic mass is 10.1. The van der Waals surface area contributed by atoms with Crippen LogP contribution in [0.3, 0.4) is 0 Å². The van der Waals surface area contributed by atoms with Crippen molar-refractivity contribution in [2.24, 2.45) is 0 Å². The maximum absolute atomic E-state index is 13.1. The molecule has 8 nitrogen and oxygen atoms in total. The van der Waals surface area contributed by atoms with Crippen LogP contribution in [0.1, 0.15) is 6.42 Å². The highest BCUT2D eigenvalue weighted by Crippen LogP contribution is 2.23. The Morgan fingerprint density at radius 1 is 0.914 bits per heavy atom. The largest absolute Gasteiger partial charge is 0.369 e. The normalized spacial score (nSPS) is 18.8. The Morgan fingerprint density at radius 3 is 2.23 bits per heavy atom. The first-order valence-corrected chi connectivity index (χ1v) is 12.5. The van der Waals surface area contributed by atoms with Crippen LogP contribution in [0.4, 0.5) is 11.4 Å². The third-order valence-corrected chi connectivity index (χ3v) is 6.79.